The number of nitrogens with one attached hydrogen (secondary N) is 1. The molecule has 1 saturated heterocycles. The van der Waals surface area contributed by atoms with Crippen molar-refractivity contribution in [2.45, 2.75) is 16.6 Å². The second kappa shape index (κ2) is 13.8. The minimum Gasteiger partial charge on any atom is -0.543 e. The Labute approximate surface area is 277 Å². The van der Waals surface area contributed by atoms with Gasteiger partial charge >= 0.3 is 29.6 Å². The van der Waals surface area contributed by atoms with Crippen molar-refractivity contribution in [1.29, 1.82) is 0 Å². The first-order chi connectivity index (χ1) is 20.2. The molecule has 0 unspecified atom stereocenters. The van der Waals surface area contributed by atoms with Crippen molar-refractivity contribution in [3.05, 3.63) is 53.2 Å². The Kier molecular flexibility index (Phi) is 10.4. The Morgan fingerprint density at radius 3 is 2.81 bits per heavy atom. The molecule has 5 N–H and O–H groups in total. The number of carboxylic acid groups (broad SMARTS) is 1. The van der Waals surface area contributed by atoms with E-state index in [2.05, 4.69) is 32.2 Å². The second-order valence-electron chi connectivity index (χ2n) is 8.56. The summed E-state index contributed by atoms with van der Waals surface area (Å²) in [7, 11) is 0. The third-order valence-corrected chi connectivity index (χ3v) is 8.77. The average Bonchev–Trinajstić information content (AvgIpc) is 3.62. The summed E-state index contributed by atoms with van der Waals surface area (Å²) < 4.78 is 5.58. The number of aliphatic carboxylic acids is 1. The van der Waals surface area contributed by atoms with Crippen LogP contribution >= 0.6 is 34.9 Å². The fraction of sp³-hybridized carbons (Fsp3) is 0.208. The fourth-order valence-electron chi connectivity index (χ4n) is 3.94. The van der Waals surface area contributed by atoms with Gasteiger partial charge in [-0.2, -0.15) is 0 Å². The molecular weight excluding hydrogens is 633 g/mol. The molecule has 15 nitrogen and oxygen atoms in total. The van der Waals surface area contributed by atoms with Gasteiger partial charge in [-0.05, 0) is 23.8 Å². The summed E-state index contributed by atoms with van der Waals surface area (Å²) in [6.45, 7) is 3.54. The number of phenolic OH excluding ortho intramolecular Hbond substituents is 2. The number of aromatic hydroxyl groups is 2. The van der Waals surface area contributed by atoms with Crippen LogP contribution in [0.2, 0.25) is 0 Å². The first-order valence-corrected chi connectivity index (χ1v) is 14.8. The minimum absolute atomic E-state index is 0. The molecule has 218 valence electrons. The molecule has 1 fully saturated rings. The van der Waals surface area contributed by atoms with Gasteiger partial charge in [0.05, 0.1) is 11.7 Å². The summed E-state index contributed by atoms with van der Waals surface area (Å²) in [5.41, 5.74) is 6.09. The summed E-state index contributed by atoms with van der Waals surface area (Å²) in [6.07, 6.45) is 1.43. The number of anilines is 1. The number of nitrogen functional groups attached to an aromatic ring is 1. The zero-order valence-corrected chi connectivity index (χ0v) is 26.7. The number of nitrogens with two attached hydrogens (primary N) is 1. The Balaban J connectivity index is 0.00000423. The molecule has 2 aromatic heterocycles. The number of nitrogens with zero attached hydrogens (tertiary/aromatic N) is 5. The van der Waals surface area contributed by atoms with Gasteiger partial charge in [0.1, 0.15) is 23.7 Å². The number of thiazole rings is 1. The summed E-state index contributed by atoms with van der Waals surface area (Å²) in [6, 6.07) is 2.97. The maximum atomic E-state index is 13.1. The molecule has 0 radical (unpaired) electrons. The van der Waals surface area contributed by atoms with Gasteiger partial charge in [-0.3, -0.25) is 14.5 Å². The molecule has 2 aliphatic rings. The van der Waals surface area contributed by atoms with E-state index < -0.39 is 29.2 Å². The number of hydrogen-bond acceptors (Lipinski definition) is 16. The topological polar surface area (TPSA) is 229 Å². The quantitative estimate of drug-likeness (QED) is 0.0241. The summed E-state index contributed by atoms with van der Waals surface area (Å²) >= 11 is 3.40. The minimum atomic E-state index is -1.54. The van der Waals surface area contributed by atoms with Crippen molar-refractivity contribution in [3.8, 4) is 23.0 Å². The van der Waals surface area contributed by atoms with E-state index in [1.807, 2.05) is 0 Å². The summed E-state index contributed by atoms with van der Waals surface area (Å²) in [5, 5.41) is 46.6. The number of β-lactam (4-membered cyclic amide) rings is 1. The molecule has 0 aliphatic carbocycles. The van der Waals surface area contributed by atoms with Crippen molar-refractivity contribution in [2.75, 3.05) is 23.8 Å². The van der Waals surface area contributed by atoms with Gasteiger partial charge in [0.15, 0.2) is 22.3 Å². The number of aromatic nitrogens is 3. The molecule has 5 rings (SSSR count). The maximum absolute atomic E-state index is 13.1. The molecule has 0 saturated carbocycles. The van der Waals surface area contributed by atoms with E-state index in [1.165, 1.54) is 41.4 Å². The molecule has 2 amide bonds. The fourth-order valence-corrected chi connectivity index (χ4v) is 6.73. The van der Waals surface area contributed by atoms with E-state index in [4.69, 9.17) is 15.0 Å². The standard InChI is InChI=1S/C24H21N7O8S3.Na/c1-2-5-38-30-15(12-9-41-23(25)26-12)18(34)27-16-20(35)31-17(22(36)37)11(7-40-21(16)31)8-42-24-29-28-19(39-24)10-3-4-13(32)14(33)6-10;/h2-4,6,9,16,21,32-33H,1,5,7-8H2,(H2,25,26)(H,27,34)(H,36,37);/q;+1/p-1/t16-,21+;/m1./s1. The molecule has 0 spiro atoms. The number of benzene rings is 1. The van der Waals surface area contributed by atoms with Gasteiger partial charge in [-0.15, -0.1) is 33.3 Å². The summed E-state index contributed by atoms with van der Waals surface area (Å²) in [5.74, 6) is -3.21. The molecule has 2 atom stereocenters. The van der Waals surface area contributed by atoms with Crippen LogP contribution in [-0.2, 0) is 19.2 Å². The van der Waals surface area contributed by atoms with Crippen LogP contribution in [0.1, 0.15) is 5.69 Å². The van der Waals surface area contributed by atoms with Gasteiger partial charge in [0.2, 0.25) is 5.89 Å². The Hall–Kier alpha value is -3.55. The number of thioether (sulfide) groups is 2. The van der Waals surface area contributed by atoms with Gasteiger partial charge in [-0.1, -0.05) is 29.6 Å². The predicted molar refractivity (Wildman–Crippen MR) is 150 cm³/mol. The molecule has 4 heterocycles. The molecule has 19 heteroatoms. The Morgan fingerprint density at radius 1 is 1.35 bits per heavy atom. The van der Waals surface area contributed by atoms with E-state index in [1.54, 1.807) is 0 Å². The van der Waals surface area contributed by atoms with Crippen LogP contribution in [0.4, 0.5) is 5.13 Å². The van der Waals surface area contributed by atoms with E-state index in [0.29, 0.717) is 11.1 Å². The second-order valence-corrected chi connectivity index (χ2v) is 11.5. The van der Waals surface area contributed by atoms with Crippen LogP contribution in [0.5, 0.6) is 11.5 Å². The number of carbonyl (C=O) groups is 3. The SMILES string of the molecule is C=CCON=C(C(=O)N[C@@H]1C(=O)N2C(C(=O)[O-])=C(CSc3nnc(-c4ccc(O)c(O)c4)o3)CS[C@@H]12)c1csc(N)n1.[Na+]. The van der Waals surface area contributed by atoms with E-state index >= 15 is 0 Å². The van der Waals surface area contributed by atoms with Crippen molar-refractivity contribution in [1.82, 2.24) is 25.4 Å². The van der Waals surface area contributed by atoms with Crippen LogP contribution in [0.3, 0.4) is 0 Å². The number of carbonyl (C=O) groups excluding carboxylic acids is 3. The number of phenols is 2. The number of oxime groups is 1. The van der Waals surface area contributed by atoms with Gasteiger partial charge < -0.3 is 40.4 Å². The molecular formula is C24H20N7NaO8S3. The maximum Gasteiger partial charge on any atom is 1.00 e. The van der Waals surface area contributed by atoms with E-state index in [0.717, 1.165) is 28.0 Å². The van der Waals surface area contributed by atoms with Crippen molar-refractivity contribution >= 4 is 63.5 Å². The van der Waals surface area contributed by atoms with Crippen LogP contribution in [0.15, 0.2) is 62.3 Å². The predicted octanol–water partition coefficient (Wildman–Crippen LogP) is -2.71. The number of carboxylic acids is 1. The van der Waals surface area contributed by atoms with Gasteiger partial charge in [-0.25, -0.2) is 4.98 Å². The third kappa shape index (κ3) is 6.84. The molecule has 43 heavy (non-hydrogen) atoms. The third-order valence-electron chi connectivity index (χ3n) is 5.85. The number of rotatable bonds is 11. The zero-order valence-electron chi connectivity index (χ0n) is 22.3. The van der Waals surface area contributed by atoms with Crippen LogP contribution in [0, 0.1) is 0 Å². The zero-order chi connectivity index (χ0) is 30.0. The van der Waals surface area contributed by atoms with Crippen LogP contribution in [-0.4, -0.2) is 83.3 Å². The van der Waals surface area contributed by atoms with Crippen LogP contribution in [0.25, 0.3) is 11.5 Å². The molecule has 1 aromatic carbocycles. The van der Waals surface area contributed by atoms with Crippen molar-refractivity contribution in [3.63, 3.8) is 0 Å². The van der Waals surface area contributed by atoms with Crippen molar-refractivity contribution < 1.29 is 68.5 Å². The number of hydrogen-bond donors (Lipinski definition) is 4. The smallest absolute Gasteiger partial charge is 0.543 e. The first-order valence-electron chi connectivity index (χ1n) is 11.9. The number of amides is 2. The molecule has 2 aliphatic heterocycles. The van der Waals surface area contributed by atoms with Crippen molar-refractivity contribution in [2.24, 2.45) is 5.16 Å². The largest absolute Gasteiger partial charge is 1.00 e. The summed E-state index contributed by atoms with van der Waals surface area (Å²) in [4.78, 5) is 48.4. The Bertz CT molecular complexity index is 1640. The number of fused-ring (bicyclic) bond motifs is 1. The Morgan fingerprint density at radius 2 is 2.14 bits per heavy atom. The molecule has 3 aromatic rings. The van der Waals surface area contributed by atoms with Crippen LogP contribution < -0.4 is 45.7 Å². The first kappa shape index (κ1) is 32.4. The van der Waals surface area contributed by atoms with Gasteiger partial charge in [0.25, 0.3) is 17.0 Å². The van der Waals surface area contributed by atoms with E-state index in [-0.39, 0.29) is 92.5 Å². The van der Waals surface area contributed by atoms with E-state index in [9.17, 15) is 29.7 Å². The van der Waals surface area contributed by atoms with Gasteiger partial charge in [0, 0.05) is 22.4 Å². The molecule has 0 bridgehead atoms. The monoisotopic (exact) mass is 653 g/mol. The normalized spacial score (nSPS) is 17.9. The average molecular weight is 654 g/mol.